The number of hydrogen-bond donors (Lipinski definition) is 1. The molecule has 0 saturated heterocycles. The zero-order chi connectivity index (χ0) is 18.5. The maximum absolute atomic E-state index is 11.7. The zero-order valence-corrected chi connectivity index (χ0v) is 16.0. The molecule has 0 aliphatic carbocycles. The third-order valence-electron chi connectivity index (χ3n) is 3.79. The summed E-state index contributed by atoms with van der Waals surface area (Å²) >= 11 is 0. The molecule has 25 heavy (non-hydrogen) atoms. The fraction of sp³-hybridized carbons (Fsp3) is 0.409. The van der Waals surface area contributed by atoms with Crippen LogP contribution in [0, 0.1) is 0 Å². The lowest BCUT2D eigenvalue weighted by Gasteiger charge is -2.05. The number of nitrogens with one attached hydrogen (secondary N) is 1. The van der Waals surface area contributed by atoms with Gasteiger partial charge in [0, 0.05) is 5.69 Å². The molecular formula is C22H31NO2. The average molecular weight is 341 g/mol. The quantitative estimate of drug-likeness (QED) is 0.510. The SMILES string of the molecule is CC(C)=CCC/C(C)=C/CC/C(C)=C/COC(=O)Nc1ccccc1. The minimum Gasteiger partial charge on any atom is -0.445 e. The van der Waals surface area contributed by atoms with Gasteiger partial charge < -0.3 is 4.74 Å². The van der Waals surface area contributed by atoms with E-state index < -0.39 is 6.09 Å². The number of anilines is 1. The van der Waals surface area contributed by atoms with Crippen LogP contribution < -0.4 is 5.32 Å². The fourth-order valence-electron chi connectivity index (χ4n) is 2.27. The molecule has 0 aromatic heterocycles. The number of allylic oxidation sites excluding steroid dienone is 5. The van der Waals surface area contributed by atoms with Gasteiger partial charge in [0.25, 0.3) is 0 Å². The van der Waals surface area contributed by atoms with Crippen LogP contribution in [0.15, 0.2) is 65.3 Å². The highest BCUT2D eigenvalue weighted by atomic mass is 16.5. The smallest absolute Gasteiger partial charge is 0.411 e. The van der Waals surface area contributed by atoms with Crippen molar-refractivity contribution in [1.82, 2.24) is 0 Å². The summed E-state index contributed by atoms with van der Waals surface area (Å²) in [5.74, 6) is 0. The predicted molar refractivity (Wildman–Crippen MR) is 107 cm³/mol. The highest BCUT2D eigenvalue weighted by Crippen LogP contribution is 2.11. The lowest BCUT2D eigenvalue weighted by Crippen LogP contribution is -2.13. The number of carbonyl (C=O) groups excluding carboxylic acids is 1. The van der Waals surface area contributed by atoms with Gasteiger partial charge in [-0.05, 0) is 71.6 Å². The van der Waals surface area contributed by atoms with Crippen molar-refractivity contribution in [1.29, 1.82) is 0 Å². The van der Waals surface area contributed by atoms with E-state index in [-0.39, 0.29) is 0 Å². The summed E-state index contributed by atoms with van der Waals surface area (Å²) in [6.07, 6.45) is 10.4. The standard InChI is InChI=1S/C22H31NO2/c1-18(2)10-8-11-19(3)12-9-13-20(4)16-17-25-22(24)23-21-14-6-5-7-15-21/h5-7,10,12,14-16H,8-9,11,13,17H2,1-4H3,(H,23,24)/b19-12+,20-16+. The molecule has 0 aliphatic rings. The van der Waals surface area contributed by atoms with Crippen molar-refractivity contribution in [3.8, 4) is 0 Å². The lowest BCUT2D eigenvalue weighted by atomic mass is 10.1. The molecule has 3 nitrogen and oxygen atoms in total. The van der Waals surface area contributed by atoms with Crippen LogP contribution in [0.1, 0.15) is 53.4 Å². The molecule has 0 bridgehead atoms. The monoisotopic (exact) mass is 341 g/mol. The first-order valence-corrected chi connectivity index (χ1v) is 8.91. The Bertz CT molecular complexity index is 608. The van der Waals surface area contributed by atoms with E-state index >= 15 is 0 Å². The Morgan fingerprint density at radius 3 is 2.16 bits per heavy atom. The number of rotatable bonds is 9. The highest BCUT2D eigenvalue weighted by molar-refractivity contribution is 5.84. The van der Waals surface area contributed by atoms with E-state index in [1.165, 1.54) is 16.7 Å². The molecule has 0 fully saturated rings. The van der Waals surface area contributed by atoms with Crippen molar-refractivity contribution in [2.45, 2.75) is 53.4 Å². The molecule has 0 unspecified atom stereocenters. The van der Waals surface area contributed by atoms with Crippen molar-refractivity contribution >= 4 is 11.8 Å². The molecule has 0 spiro atoms. The van der Waals surface area contributed by atoms with E-state index in [4.69, 9.17) is 4.74 Å². The number of ether oxygens (including phenoxy) is 1. The maximum atomic E-state index is 11.7. The van der Waals surface area contributed by atoms with E-state index in [2.05, 4.69) is 45.2 Å². The van der Waals surface area contributed by atoms with Crippen LogP contribution >= 0.6 is 0 Å². The molecule has 1 N–H and O–H groups in total. The van der Waals surface area contributed by atoms with Crippen molar-refractivity contribution in [3.05, 3.63) is 65.3 Å². The van der Waals surface area contributed by atoms with E-state index in [9.17, 15) is 4.79 Å². The van der Waals surface area contributed by atoms with E-state index in [0.717, 1.165) is 31.4 Å². The number of hydrogen-bond acceptors (Lipinski definition) is 2. The molecule has 136 valence electrons. The Balaban J connectivity index is 2.22. The fourth-order valence-corrected chi connectivity index (χ4v) is 2.27. The molecular weight excluding hydrogens is 310 g/mol. The Morgan fingerprint density at radius 1 is 0.920 bits per heavy atom. The number of carbonyl (C=O) groups is 1. The highest BCUT2D eigenvalue weighted by Gasteiger charge is 2.01. The van der Waals surface area contributed by atoms with Crippen LogP contribution in [0.4, 0.5) is 10.5 Å². The molecule has 0 radical (unpaired) electrons. The van der Waals surface area contributed by atoms with Gasteiger partial charge in [0.1, 0.15) is 6.61 Å². The topological polar surface area (TPSA) is 38.3 Å². The predicted octanol–water partition coefficient (Wildman–Crippen LogP) is 6.65. The van der Waals surface area contributed by atoms with Gasteiger partial charge in [0.15, 0.2) is 0 Å². The second-order valence-corrected chi connectivity index (χ2v) is 6.55. The minimum atomic E-state index is -0.426. The van der Waals surface area contributed by atoms with E-state index in [1.807, 2.05) is 36.4 Å². The molecule has 0 atom stereocenters. The van der Waals surface area contributed by atoms with Crippen molar-refractivity contribution in [2.24, 2.45) is 0 Å². The summed E-state index contributed by atoms with van der Waals surface area (Å²) in [7, 11) is 0. The number of benzene rings is 1. The Morgan fingerprint density at radius 2 is 1.52 bits per heavy atom. The number of amides is 1. The summed E-state index contributed by atoms with van der Waals surface area (Å²) in [6.45, 7) is 8.83. The van der Waals surface area contributed by atoms with Gasteiger partial charge in [-0.1, -0.05) is 47.1 Å². The third kappa shape index (κ3) is 11.0. The summed E-state index contributed by atoms with van der Waals surface area (Å²) in [4.78, 5) is 11.7. The first-order chi connectivity index (χ1) is 12.0. The van der Waals surface area contributed by atoms with Gasteiger partial charge >= 0.3 is 6.09 Å². The van der Waals surface area contributed by atoms with Crippen LogP contribution in [0.5, 0.6) is 0 Å². The van der Waals surface area contributed by atoms with Gasteiger partial charge in [-0.3, -0.25) is 5.32 Å². The molecule has 3 heteroatoms. The van der Waals surface area contributed by atoms with Gasteiger partial charge in [-0.25, -0.2) is 4.79 Å². The van der Waals surface area contributed by atoms with Gasteiger partial charge in [0.2, 0.25) is 0 Å². The summed E-state index contributed by atoms with van der Waals surface area (Å²) in [5.41, 5.74) is 4.79. The lowest BCUT2D eigenvalue weighted by molar-refractivity contribution is 0.174. The van der Waals surface area contributed by atoms with Crippen LogP contribution in [-0.2, 0) is 4.74 Å². The summed E-state index contributed by atoms with van der Waals surface area (Å²) in [6, 6.07) is 9.30. The summed E-state index contributed by atoms with van der Waals surface area (Å²) in [5, 5.41) is 2.70. The first kappa shape index (κ1) is 20.8. The summed E-state index contributed by atoms with van der Waals surface area (Å²) < 4.78 is 5.17. The van der Waals surface area contributed by atoms with Crippen LogP contribution in [-0.4, -0.2) is 12.7 Å². The van der Waals surface area contributed by atoms with Crippen molar-refractivity contribution < 1.29 is 9.53 Å². The molecule has 1 aromatic carbocycles. The average Bonchev–Trinajstić information content (AvgIpc) is 2.55. The third-order valence-corrected chi connectivity index (χ3v) is 3.79. The Kier molecular flexibility index (Phi) is 10.1. The maximum Gasteiger partial charge on any atom is 0.411 e. The Labute approximate surface area is 152 Å². The molecule has 1 amide bonds. The van der Waals surface area contributed by atoms with Gasteiger partial charge in [-0.15, -0.1) is 0 Å². The molecule has 1 aromatic rings. The normalized spacial score (nSPS) is 11.8. The molecule has 0 saturated carbocycles. The van der Waals surface area contributed by atoms with Crippen LogP contribution in [0.2, 0.25) is 0 Å². The van der Waals surface area contributed by atoms with Crippen LogP contribution in [0.25, 0.3) is 0 Å². The molecule has 1 rings (SSSR count). The van der Waals surface area contributed by atoms with Gasteiger partial charge in [0.05, 0.1) is 0 Å². The first-order valence-electron chi connectivity index (χ1n) is 8.91. The molecule has 0 heterocycles. The molecule has 0 aliphatic heterocycles. The van der Waals surface area contributed by atoms with E-state index in [0.29, 0.717) is 6.61 Å². The zero-order valence-electron chi connectivity index (χ0n) is 16.0. The second kappa shape index (κ2) is 12.1. The minimum absolute atomic E-state index is 0.299. The Hall–Kier alpha value is -2.29. The van der Waals surface area contributed by atoms with E-state index in [1.54, 1.807) is 0 Å². The second-order valence-electron chi connectivity index (χ2n) is 6.55. The van der Waals surface area contributed by atoms with Crippen molar-refractivity contribution in [3.63, 3.8) is 0 Å². The van der Waals surface area contributed by atoms with Gasteiger partial charge in [-0.2, -0.15) is 0 Å². The number of para-hydroxylation sites is 1. The van der Waals surface area contributed by atoms with Crippen molar-refractivity contribution in [2.75, 3.05) is 11.9 Å². The van der Waals surface area contributed by atoms with Crippen LogP contribution in [0.3, 0.4) is 0 Å². The largest absolute Gasteiger partial charge is 0.445 e.